The van der Waals surface area contributed by atoms with Gasteiger partial charge in [-0.15, -0.1) is 0 Å². The molecule has 1 aliphatic rings. The fraction of sp³-hybridized carbons (Fsp3) is 0.235. The van der Waals surface area contributed by atoms with Crippen molar-refractivity contribution in [2.24, 2.45) is 5.92 Å². The summed E-state index contributed by atoms with van der Waals surface area (Å²) in [4.78, 5) is 12.5. The maximum atomic E-state index is 12.5. The van der Waals surface area contributed by atoms with Gasteiger partial charge in [0.15, 0.2) is 5.78 Å². The SMILES string of the molecule is COc1ccc([C@@H]2Oc3ccc(O)cc3C(=O)[C@@H]2C)cc1. The second kappa shape index (κ2) is 5.13. The van der Waals surface area contributed by atoms with Crippen LogP contribution in [0.25, 0.3) is 0 Å². The quantitative estimate of drug-likeness (QED) is 0.918. The van der Waals surface area contributed by atoms with Crippen molar-refractivity contribution in [1.29, 1.82) is 0 Å². The maximum Gasteiger partial charge on any atom is 0.173 e. The number of fused-ring (bicyclic) bond motifs is 1. The van der Waals surface area contributed by atoms with Crippen LogP contribution in [0.4, 0.5) is 0 Å². The molecule has 1 aliphatic heterocycles. The van der Waals surface area contributed by atoms with E-state index >= 15 is 0 Å². The number of benzene rings is 2. The molecule has 4 nitrogen and oxygen atoms in total. The number of carbonyl (C=O) groups is 1. The topological polar surface area (TPSA) is 55.8 Å². The van der Waals surface area contributed by atoms with Crippen molar-refractivity contribution in [3.8, 4) is 17.2 Å². The molecule has 0 fully saturated rings. The van der Waals surface area contributed by atoms with Crippen LogP contribution >= 0.6 is 0 Å². The molecule has 2 aromatic rings. The Morgan fingerprint density at radius 2 is 1.86 bits per heavy atom. The lowest BCUT2D eigenvalue weighted by Crippen LogP contribution is -2.29. The number of rotatable bonds is 2. The van der Waals surface area contributed by atoms with Crippen LogP contribution in [-0.4, -0.2) is 18.0 Å². The van der Waals surface area contributed by atoms with E-state index in [1.54, 1.807) is 13.2 Å². The average Bonchev–Trinajstić information content (AvgIpc) is 2.51. The molecule has 0 amide bonds. The fourth-order valence-electron chi connectivity index (χ4n) is 2.59. The van der Waals surface area contributed by atoms with Crippen LogP contribution in [-0.2, 0) is 0 Å². The highest BCUT2D eigenvalue weighted by atomic mass is 16.5. The van der Waals surface area contributed by atoms with E-state index in [1.165, 1.54) is 12.1 Å². The van der Waals surface area contributed by atoms with Gasteiger partial charge in [-0.1, -0.05) is 19.1 Å². The minimum absolute atomic E-state index is 0.0204. The molecule has 0 saturated carbocycles. The van der Waals surface area contributed by atoms with E-state index in [-0.39, 0.29) is 23.6 Å². The minimum Gasteiger partial charge on any atom is -0.508 e. The van der Waals surface area contributed by atoms with E-state index in [2.05, 4.69) is 0 Å². The van der Waals surface area contributed by atoms with Gasteiger partial charge in [-0.2, -0.15) is 0 Å². The average molecular weight is 284 g/mol. The molecule has 1 heterocycles. The van der Waals surface area contributed by atoms with E-state index in [4.69, 9.17) is 9.47 Å². The summed E-state index contributed by atoms with van der Waals surface area (Å²) >= 11 is 0. The van der Waals surface area contributed by atoms with Crippen molar-refractivity contribution in [2.75, 3.05) is 7.11 Å². The first-order chi connectivity index (χ1) is 10.1. The molecule has 4 heteroatoms. The predicted molar refractivity (Wildman–Crippen MR) is 78.0 cm³/mol. The highest BCUT2D eigenvalue weighted by Gasteiger charge is 2.35. The van der Waals surface area contributed by atoms with Gasteiger partial charge in [0.25, 0.3) is 0 Å². The summed E-state index contributed by atoms with van der Waals surface area (Å²) in [5, 5.41) is 9.51. The summed E-state index contributed by atoms with van der Waals surface area (Å²) in [6.45, 7) is 1.84. The summed E-state index contributed by atoms with van der Waals surface area (Å²) in [5.41, 5.74) is 1.36. The third-order valence-corrected chi connectivity index (χ3v) is 3.79. The van der Waals surface area contributed by atoms with Crippen LogP contribution in [0.15, 0.2) is 42.5 Å². The van der Waals surface area contributed by atoms with E-state index < -0.39 is 0 Å². The summed E-state index contributed by atoms with van der Waals surface area (Å²) in [6.07, 6.45) is -0.333. The Hall–Kier alpha value is -2.49. The number of ketones is 1. The van der Waals surface area contributed by atoms with Crippen LogP contribution in [0.3, 0.4) is 0 Å². The lowest BCUT2D eigenvalue weighted by Gasteiger charge is -2.30. The minimum atomic E-state index is -0.333. The van der Waals surface area contributed by atoms with Crippen LogP contribution in [0.1, 0.15) is 28.9 Å². The van der Waals surface area contributed by atoms with Crippen LogP contribution < -0.4 is 9.47 Å². The van der Waals surface area contributed by atoms with Gasteiger partial charge < -0.3 is 14.6 Å². The maximum absolute atomic E-state index is 12.5. The zero-order chi connectivity index (χ0) is 15.0. The number of phenolic OH excluding ortho intramolecular Hbond substituents is 1. The zero-order valence-electron chi connectivity index (χ0n) is 11.9. The molecule has 0 aliphatic carbocycles. The van der Waals surface area contributed by atoms with Crippen molar-refractivity contribution in [2.45, 2.75) is 13.0 Å². The third kappa shape index (κ3) is 2.33. The van der Waals surface area contributed by atoms with Gasteiger partial charge in [0.2, 0.25) is 0 Å². The summed E-state index contributed by atoms with van der Waals surface area (Å²) in [7, 11) is 1.61. The normalized spacial score (nSPS) is 20.6. The molecule has 2 atom stereocenters. The number of ether oxygens (including phenoxy) is 2. The van der Waals surface area contributed by atoms with Gasteiger partial charge in [-0.3, -0.25) is 4.79 Å². The molecule has 1 N–H and O–H groups in total. The zero-order valence-corrected chi connectivity index (χ0v) is 11.9. The van der Waals surface area contributed by atoms with Crippen molar-refractivity contribution in [1.82, 2.24) is 0 Å². The fourth-order valence-corrected chi connectivity index (χ4v) is 2.59. The third-order valence-electron chi connectivity index (χ3n) is 3.79. The largest absolute Gasteiger partial charge is 0.508 e. The summed E-state index contributed by atoms with van der Waals surface area (Å²) in [5.74, 6) is 1.01. The molecule has 21 heavy (non-hydrogen) atoms. The van der Waals surface area contributed by atoms with Crippen molar-refractivity contribution in [3.05, 3.63) is 53.6 Å². The number of Topliss-reactive ketones (excluding diaryl/α,β-unsaturated/α-hetero) is 1. The molecule has 0 aromatic heterocycles. The number of carbonyl (C=O) groups excluding carboxylic acids is 1. The Bertz CT molecular complexity index is 676. The van der Waals surface area contributed by atoms with Gasteiger partial charge in [0.05, 0.1) is 18.6 Å². The van der Waals surface area contributed by atoms with Crippen molar-refractivity contribution < 1.29 is 19.4 Å². The summed E-state index contributed by atoms with van der Waals surface area (Å²) in [6, 6.07) is 12.1. The van der Waals surface area contributed by atoms with E-state index in [0.29, 0.717) is 11.3 Å². The Kier molecular flexibility index (Phi) is 3.29. The second-order valence-corrected chi connectivity index (χ2v) is 5.14. The number of phenols is 1. The number of aromatic hydroxyl groups is 1. The molecule has 2 aromatic carbocycles. The van der Waals surface area contributed by atoms with E-state index in [9.17, 15) is 9.90 Å². The number of methoxy groups -OCH3 is 1. The highest BCUT2D eigenvalue weighted by Crippen LogP contribution is 2.39. The standard InChI is InChI=1S/C17H16O4/c1-10-16(19)14-9-12(18)5-8-15(14)21-17(10)11-3-6-13(20-2)7-4-11/h3-10,17-18H,1-2H3/t10-,17+/m0/s1. The highest BCUT2D eigenvalue weighted by molar-refractivity contribution is 6.01. The second-order valence-electron chi connectivity index (χ2n) is 5.14. The van der Waals surface area contributed by atoms with Gasteiger partial charge in [-0.25, -0.2) is 0 Å². The van der Waals surface area contributed by atoms with E-state index in [1.807, 2.05) is 31.2 Å². The van der Waals surface area contributed by atoms with Gasteiger partial charge in [0.1, 0.15) is 23.4 Å². The molecule has 0 saturated heterocycles. The molecule has 0 spiro atoms. The lowest BCUT2D eigenvalue weighted by molar-refractivity contribution is 0.0689. The van der Waals surface area contributed by atoms with Crippen LogP contribution in [0.2, 0.25) is 0 Å². The van der Waals surface area contributed by atoms with E-state index in [0.717, 1.165) is 11.3 Å². The smallest absolute Gasteiger partial charge is 0.173 e. The van der Waals surface area contributed by atoms with Gasteiger partial charge >= 0.3 is 0 Å². The van der Waals surface area contributed by atoms with Crippen molar-refractivity contribution >= 4 is 5.78 Å². The van der Waals surface area contributed by atoms with Crippen LogP contribution in [0.5, 0.6) is 17.2 Å². The molecule has 0 bridgehead atoms. The predicted octanol–water partition coefficient (Wildman–Crippen LogP) is 3.35. The number of hydrogen-bond acceptors (Lipinski definition) is 4. The van der Waals surface area contributed by atoms with Crippen molar-refractivity contribution in [3.63, 3.8) is 0 Å². The Morgan fingerprint density at radius 1 is 1.14 bits per heavy atom. The van der Waals surface area contributed by atoms with Gasteiger partial charge in [-0.05, 0) is 35.9 Å². The molecule has 3 rings (SSSR count). The summed E-state index contributed by atoms with van der Waals surface area (Å²) < 4.78 is 11.1. The molecule has 0 unspecified atom stereocenters. The molecular weight excluding hydrogens is 268 g/mol. The Labute approximate surface area is 122 Å². The lowest BCUT2D eigenvalue weighted by atomic mass is 9.87. The molecule has 108 valence electrons. The first kappa shape index (κ1) is 13.5. The molecule has 0 radical (unpaired) electrons. The first-order valence-corrected chi connectivity index (χ1v) is 6.78. The Morgan fingerprint density at radius 3 is 2.52 bits per heavy atom. The Balaban J connectivity index is 1.97. The van der Waals surface area contributed by atoms with Gasteiger partial charge in [0, 0.05) is 0 Å². The number of hydrogen-bond donors (Lipinski definition) is 1. The molecular formula is C17H16O4. The van der Waals surface area contributed by atoms with Crippen LogP contribution in [0, 0.1) is 5.92 Å². The monoisotopic (exact) mass is 284 g/mol. The first-order valence-electron chi connectivity index (χ1n) is 6.78.